The molecule has 0 aromatic rings. The summed E-state index contributed by atoms with van der Waals surface area (Å²) in [6, 6.07) is 0.618. The second-order valence-electron chi connectivity index (χ2n) is 8.37. The molecule has 2 aliphatic heterocycles. The summed E-state index contributed by atoms with van der Waals surface area (Å²) in [5.74, 6) is 1.27. The lowest BCUT2D eigenvalue weighted by Crippen LogP contribution is -2.49. The van der Waals surface area contributed by atoms with E-state index in [2.05, 4.69) is 23.6 Å². The zero-order valence-corrected chi connectivity index (χ0v) is 16.7. The van der Waals surface area contributed by atoms with Crippen LogP contribution in [0.25, 0.3) is 0 Å². The van der Waals surface area contributed by atoms with Gasteiger partial charge in [-0.1, -0.05) is 13.8 Å². The van der Waals surface area contributed by atoms with Gasteiger partial charge in [-0.3, -0.25) is 14.5 Å². The number of carbonyl (C=O) groups is 2. The van der Waals surface area contributed by atoms with Crippen LogP contribution in [-0.4, -0.2) is 78.2 Å². The van der Waals surface area contributed by atoms with Crippen LogP contribution in [0.4, 0.5) is 0 Å². The van der Waals surface area contributed by atoms with E-state index in [0.717, 1.165) is 58.7 Å². The van der Waals surface area contributed by atoms with Gasteiger partial charge >= 0.3 is 0 Å². The highest BCUT2D eigenvalue weighted by Crippen LogP contribution is 2.22. The van der Waals surface area contributed by atoms with Gasteiger partial charge in [-0.05, 0) is 32.6 Å². The number of piperazine rings is 1. The van der Waals surface area contributed by atoms with Crippen molar-refractivity contribution in [1.82, 2.24) is 14.7 Å². The van der Waals surface area contributed by atoms with Gasteiger partial charge in [0.05, 0.1) is 0 Å². The van der Waals surface area contributed by atoms with Gasteiger partial charge < -0.3 is 9.80 Å². The minimum Gasteiger partial charge on any atom is -0.343 e. The molecule has 0 aliphatic carbocycles. The fourth-order valence-electron chi connectivity index (χ4n) is 3.82. The molecule has 0 unspecified atom stereocenters. The van der Waals surface area contributed by atoms with Gasteiger partial charge in [-0.25, -0.2) is 0 Å². The van der Waals surface area contributed by atoms with E-state index in [1.54, 1.807) is 0 Å². The summed E-state index contributed by atoms with van der Waals surface area (Å²) in [6.07, 6.45) is 3.30. The Morgan fingerprint density at radius 3 is 2.04 bits per heavy atom. The van der Waals surface area contributed by atoms with Crippen LogP contribution in [0.1, 0.15) is 53.4 Å². The van der Waals surface area contributed by atoms with Crippen LogP contribution < -0.4 is 0 Å². The lowest BCUT2D eigenvalue weighted by molar-refractivity contribution is -0.133. The van der Waals surface area contributed by atoms with E-state index >= 15 is 0 Å². The highest BCUT2D eigenvalue weighted by atomic mass is 16.2. The third-order valence-electron chi connectivity index (χ3n) is 5.88. The quantitative estimate of drug-likeness (QED) is 0.706. The summed E-state index contributed by atoms with van der Waals surface area (Å²) in [5.41, 5.74) is 0. The van der Waals surface area contributed by atoms with Crippen molar-refractivity contribution in [3.63, 3.8) is 0 Å². The number of nitrogens with zero attached hydrogens (tertiary/aromatic N) is 3. The third-order valence-corrected chi connectivity index (χ3v) is 5.88. The first kappa shape index (κ1) is 20.4. The normalized spacial score (nSPS) is 21.3. The minimum atomic E-state index is 0.135. The molecule has 0 bridgehead atoms. The number of amides is 1. The molecule has 2 fully saturated rings. The largest absolute Gasteiger partial charge is 0.343 e. The molecule has 144 valence electrons. The van der Waals surface area contributed by atoms with Gasteiger partial charge in [0.15, 0.2) is 0 Å². The zero-order chi connectivity index (χ0) is 18.4. The molecule has 0 saturated carbocycles. The molecule has 0 aromatic carbocycles. The molecule has 0 radical (unpaired) electrons. The first-order chi connectivity index (χ1) is 11.9. The van der Waals surface area contributed by atoms with Gasteiger partial charge in [0.1, 0.15) is 5.78 Å². The number of likely N-dealkylation sites (tertiary alicyclic amines) is 1. The minimum absolute atomic E-state index is 0.135. The first-order valence-corrected chi connectivity index (χ1v) is 10.1. The Hall–Kier alpha value is -0.940. The average molecular weight is 352 g/mol. The molecule has 2 saturated heterocycles. The maximum Gasteiger partial charge on any atom is 0.223 e. The van der Waals surface area contributed by atoms with Crippen molar-refractivity contribution in [2.24, 2.45) is 11.8 Å². The van der Waals surface area contributed by atoms with Crippen molar-refractivity contribution in [2.45, 2.75) is 59.4 Å². The summed E-state index contributed by atoms with van der Waals surface area (Å²) < 4.78 is 0. The van der Waals surface area contributed by atoms with E-state index in [0.29, 0.717) is 36.5 Å². The van der Waals surface area contributed by atoms with Crippen LogP contribution in [0.5, 0.6) is 0 Å². The van der Waals surface area contributed by atoms with Gasteiger partial charge in [-0.2, -0.15) is 0 Å². The van der Waals surface area contributed by atoms with Crippen molar-refractivity contribution in [2.75, 3.05) is 45.8 Å². The Morgan fingerprint density at radius 1 is 0.920 bits per heavy atom. The standard InChI is InChI=1S/C20H37N3O2/c1-16(2)19(24)15-18-5-9-23(10-6-18)20(25)7-8-21-11-13-22(14-12-21)17(3)4/h16-18H,5-15H2,1-4H3. The highest BCUT2D eigenvalue weighted by Gasteiger charge is 2.26. The third kappa shape index (κ3) is 6.37. The van der Waals surface area contributed by atoms with E-state index in [1.807, 2.05) is 18.7 Å². The van der Waals surface area contributed by atoms with Crippen LogP contribution in [0.15, 0.2) is 0 Å². The molecule has 2 heterocycles. The average Bonchev–Trinajstić information content (AvgIpc) is 2.60. The predicted octanol–water partition coefficient (Wildman–Crippen LogP) is 2.26. The maximum atomic E-state index is 12.5. The maximum absolute atomic E-state index is 12.5. The molecular weight excluding hydrogens is 314 g/mol. The number of hydrogen-bond donors (Lipinski definition) is 0. The van der Waals surface area contributed by atoms with Crippen LogP contribution >= 0.6 is 0 Å². The molecule has 2 aliphatic rings. The highest BCUT2D eigenvalue weighted by molar-refractivity contribution is 5.80. The van der Waals surface area contributed by atoms with Crippen molar-refractivity contribution in [3.8, 4) is 0 Å². The summed E-state index contributed by atoms with van der Waals surface area (Å²) in [6.45, 7) is 15.4. The topological polar surface area (TPSA) is 43.9 Å². The van der Waals surface area contributed by atoms with E-state index < -0.39 is 0 Å². The van der Waals surface area contributed by atoms with Crippen molar-refractivity contribution in [1.29, 1.82) is 0 Å². The molecular formula is C20H37N3O2. The molecule has 0 atom stereocenters. The van der Waals surface area contributed by atoms with Crippen LogP contribution in [0.2, 0.25) is 0 Å². The summed E-state index contributed by atoms with van der Waals surface area (Å²) in [5, 5.41) is 0. The fraction of sp³-hybridized carbons (Fsp3) is 0.900. The Morgan fingerprint density at radius 2 is 1.52 bits per heavy atom. The fourth-order valence-corrected chi connectivity index (χ4v) is 3.82. The summed E-state index contributed by atoms with van der Waals surface area (Å²) in [7, 11) is 0. The van der Waals surface area contributed by atoms with Gasteiger partial charge in [-0.15, -0.1) is 0 Å². The van der Waals surface area contributed by atoms with Gasteiger partial charge in [0.2, 0.25) is 5.91 Å². The van der Waals surface area contributed by atoms with E-state index in [4.69, 9.17) is 0 Å². The monoisotopic (exact) mass is 351 g/mol. The molecule has 5 nitrogen and oxygen atoms in total. The smallest absolute Gasteiger partial charge is 0.223 e. The number of hydrogen-bond acceptors (Lipinski definition) is 4. The molecule has 0 aromatic heterocycles. The second-order valence-corrected chi connectivity index (χ2v) is 8.37. The van der Waals surface area contributed by atoms with E-state index in [1.165, 1.54) is 0 Å². The van der Waals surface area contributed by atoms with Crippen molar-refractivity contribution < 1.29 is 9.59 Å². The second kappa shape index (κ2) is 9.67. The number of Topliss-reactive ketones (excluding diaryl/α,β-unsaturated/α-hetero) is 1. The molecule has 2 rings (SSSR count). The molecule has 0 spiro atoms. The summed E-state index contributed by atoms with van der Waals surface area (Å²) in [4.78, 5) is 31.3. The Kier molecular flexibility index (Phi) is 7.88. The van der Waals surface area contributed by atoms with Crippen LogP contribution in [0.3, 0.4) is 0 Å². The van der Waals surface area contributed by atoms with Gasteiger partial charge in [0, 0.05) is 70.6 Å². The molecule has 0 N–H and O–H groups in total. The number of carbonyl (C=O) groups excluding carboxylic acids is 2. The lowest BCUT2D eigenvalue weighted by Gasteiger charge is -2.37. The predicted molar refractivity (Wildman–Crippen MR) is 102 cm³/mol. The van der Waals surface area contributed by atoms with Crippen molar-refractivity contribution in [3.05, 3.63) is 0 Å². The lowest BCUT2D eigenvalue weighted by atomic mass is 9.89. The summed E-state index contributed by atoms with van der Waals surface area (Å²) >= 11 is 0. The number of piperidine rings is 1. The molecule has 1 amide bonds. The van der Waals surface area contributed by atoms with Crippen LogP contribution in [-0.2, 0) is 9.59 Å². The van der Waals surface area contributed by atoms with E-state index in [9.17, 15) is 9.59 Å². The Balaban J connectivity index is 1.63. The van der Waals surface area contributed by atoms with E-state index in [-0.39, 0.29) is 5.92 Å². The first-order valence-electron chi connectivity index (χ1n) is 10.1. The zero-order valence-electron chi connectivity index (χ0n) is 16.7. The van der Waals surface area contributed by atoms with Crippen LogP contribution in [0, 0.1) is 11.8 Å². The molecule has 25 heavy (non-hydrogen) atoms. The van der Waals surface area contributed by atoms with Crippen molar-refractivity contribution >= 4 is 11.7 Å². The Labute approximate surface area is 153 Å². The number of rotatable bonds is 7. The number of ketones is 1. The van der Waals surface area contributed by atoms with Gasteiger partial charge in [0.25, 0.3) is 0 Å². The Bertz CT molecular complexity index is 434. The SMILES string of the molecule is CC(C)C(=O)CC1CCN(C(=O)CCN2CCN(C(C)C)CC2)CC1. The molecule has 5 heteroatoms.